The van der Waals surface area contributed by atoms with Crippen LogP contribution in [0.25, 0.3) is 0 Å². The van der Waals surface area contributed by atoms with Crippen LogP contribution in [0.5, 0.6) is 11.5 Å². The Morgan fingerprint density at radius 1 is 1.07 bits per heavy atom. The number of hydrogen-bond acceptors (Lipinski definition) is 5. The van der Waals surface area contributed by atoms with Crippen molar-refractivity contribution in [3.63, 3.8) is 0 Å². The van der Waals surface area contributed by atoms with Gasteiger partial charge in [0.15, 0.2) is 11.6 Å². The minimum Gasteiger partial charge on any atom is -0.496 e. The van der Waals surface area contributed by atoms with Crippen LogP contribution in [0.3, 0.4) is 0 Å². The Kier molecular flexibility index (Phi) is 8.30. The van der Waals surface area contributed by atoms with E-state index in [1.165, 1.54) is 26.0 Å². The Balaban J connectivity index is 1.27. The van der Waals surface area contributed by atoms with E-state index >= 15 is 0 Å². The Bertz CT molecular complexity index is 1130. The number of fused-ring (bicyclic) bond motifs is 2. The van der Waals surface area contributed by atoms with Crippen LogP contribution in [0.2, 0.25) is 0 Å². The molecule has 5 atom stereocenters. The van der Waals surface area contributed by atoms with E-state index in [1.807, 2.05) is 0 Å². The lowest BCUT2D eigenvalue weighted by molar-refractivity contribution is -0.150. The zero-order valence-electron chi connectivity index (χ0n) is 23.8. The number of carboxylic acid groups (broad SMARTS) is 1. The summed E-state index contributed by atoms with van der Waals surface area (Å²) in [5, 5.41) is 15.8. The Morgan fingerprint density at radius 3 is 2.40 bits per heavy atom. The average Bonchev–Trinajstić information content (AvgIpc) is 3.58. The lowest BCUT2D eigenvalue weighted by Gasteiger charge is -2.34. The molecule has 4 aliphatic rings. The van der Waals surface area contributed by atoms with Crippen LogP contribution in [0.1, 0.15) is 88.4 Å². The predicted octanol–water partition coefficient (Wildman–Crippen LogP) is 4.94. The second-order valence-electron chi connectivity index (χ2n) is 12.8. The van der Waals surface area contributed by atoms with Crippen molar-refractivity contribution in [3.8, 4) is 11.5 Å². The molecule has 0 aliphatic heterocycles. The van der Waals surface area contributed by atoms with Gasteiger partial charge in [-0.05, 0) is 94.4 Å². The normalized spacial score (nSPS) is 31.9. The average molecular weight is 559 g/mol. The number of halogens is 1. The Morgan fingerprint density at radius 2 is 1.77 bits per heavy atom. The van der Waals surface area contributed by atoms with Gasteiger partial charge in [0.2, 0.25) is 5.91 Å². The molecule has 8 nitrogen and oxygen atoms in total. The zero-order chi connectivity index (χ0) is 28.6. The summed E-state index contributed by atoms with van der Waals surface area (Å²) in [6, 6.07) is 2.25. The molecule has 0 aromatic heterocycles. The van der Waals surface area contributed by atoms with Crippen molar-refractivity contribution in [2.75, 3.05) is 13.7 Å². The van der Waals surface area contributed by atoms with E-state index < -0.39 is 23.1 Å². The number of benzene rings is 1. The number of carboxylic acids is 1. The number of hydrogen-bond donors (Lipinski definition) is 3. The largest absolute Gasteiger partial charge is 0.496 e. The maximum absolute atomic E-state index is 15.0. The molecule has 2 bridgehead atoms. The highest BCUT2D eigenvalue weighted by Gasteiger charge is 2.51. The van der Waals surface area contributed by atoms with Gasteiger partial charge in [0.1, 0.15) is 5.75 Å². The van der Waals surface area contributed by atoms with Gasteiger partial charge in [0.05, 0.1) is 30.1 Å². The highest BCUT2D eigenvalue weighted by molar-refractivity contribution is 5.98. The fourth-order valence-corrected chi connectivity index (χ4v) is 7.38. The van der Waals surface area contributed by atoms with Gasteiger partial charge in [-0.2, -0.15) is 0 Å². The smallest absolute Gasteiger partial charge is 0.309 e. The quantitative estimate of drug-likeness (QED) is 0.354. The van der Waals surface area contributed by atoms with E-state index in [0.29, 0.717) is 38.1 Å². The number of nitrogens with one attached hydrogen (secondary N) is 2. The second kappa shape index (κ2) is 11.6. The molecule has 0 saturated heterocycles. The summed E-state index contributed by atoms with van der Waals surface area (Å²) < 4.78 is 26.3. The van der Waals surface area contributed by atoms with Gasteiger partial charge >= 0.3 is 5.97 Å². The maximum Gasteiger partial charge on any atom is 0.309 e. The highest BCUT2D eigenvalue weighted by Crippen LogP contribution is 2.49. The Labute approximate surface area is 235 Å². The van der Waals surface area contributed by atoms with Crippen molar-refractivity contribution in [1.82, 2.24) is 10.6 Å². The summed E-state index contributed by atoms with van der Waals surface area (Å²) >= 11 is 0. The van der Waals surface area contributed by atoms with Gasteiger partial charge in [-0.15, -0.1) is 0 Å². The molecule has 4 saturated carbocycles. The third-order valence-corrected chi connectivity index (χ3v) is 10.2. The molecule has 2 amide bonds. The molecule has 3 N–H and O–H groups in total. The highest BCUT2D eigenvalue weighted by atomic mass is 19.1. The standard InChI is InChI=1S/C31H43FN2O6/c1-4-17(18-5-6-18)16-33-29(36)26-19-7-8-20(13-19)27(26)34-28(35)22-14-25(23(32)15-24(22)39-3)40-21-9-11-31(2,12-10-21)30(37)38/h14-15,17-21,26-27H,4-13,16H2,1-3H3,(H,33,36)(H,34,35)(H,37,38)/t17?,19-,20+,21?,26+,27-,31?/m1/s1. The van der Waals surface area contributed by atoms with Crippen LogP contribution in [0.15, 0.2) is 12.1 Å². The summed E-state index contributed by atoms with van der Waals surface area (Å²) in [6.07, 6.45) is 7.94. The zero-order valence-corrected chi connectivity index (χ0v) is 23.8. The number of amides is 2. The van der Waals surface area contributed by atoms with Crippen LogP contribution in [-0.2, 0) is 9.59 Å². The number of carbonyl (C=O) groups is 3. The maximum atomic E-state index is 15.0. The lowest BCUT2D eigenvalue weighted by Crippen LogP contribution is -2.50. The molecule has 1 aromatic rings. The van der Waals surface area contributed by atoms with Gasteiger partial charge in [-0.25, -0.2) is 4.39 Å². The van der Waals surface area contributed by atoms with Crippen LogP contribution in [0, 0.1) is 40.8 Å². The van der Waals surface area contributed by atoms with Gasteiger partial charge < -0.3 is 25.2 Å². The van der Waals surface area contributed by atoms with E-state index in [4.69, 9.17) is 9.47 Å². The molecular weight excluding hydrogens is 515 g/mol. The fraction of sp³-hybridized carbons (Fsp3) is 0.710. The molecule has 5 rings (SSSR count). The molecule has 4 fully saturated rings. The summed E-state index contributed by atoms with van der Waals surface area (Å²) in [5.74, 6) is -0.353. The van der Waals surface area contributed by atoms with Crippen molar-refractivity contribution in [2.45, 2.75) is 90.2 Å². The minimum absolute atomic E-state index is 0.0253. The van der Waals surface area contributed by atoms with E-state index in [0.717, 1.165) is 37.7 Å². The fourth-order valence-electron chi connectivity index (χ4n) is 7.38. The van der Waals surface area contributed by atoms with Gasteiger partial charge in [0.25, 0.3) is 5.91 Å². The van der Waals surface area contributed by atoms with Crippen LogP contribution in [-0.4, -0.2) is 48.7 Å². The van der Waals surface area contributed by atoms with Gasteiger partial charge in [-0.3, -0.25) is 14.4 Å². The number of methoxy groups -OCH3 is 1. The SMILES string of the molecule is CCC(CNC(=O)[C@H]1[C@@H]2CC[C@@H](C2)[C@H]1NC(=O)c1cc(OC2CCC(C)(C(=O)O)CC2)c(F)cc1OC)C1CC1. The summed E-state index contributed by atoms with van der Waals surface area (Å²) in [5.41, 5.74) is -0.644. The van der Waals surface area contributed by atoms with E-state index in [-0.39, 0.29) is 52.9 Å². The van der Waals surface area contributed by atoms with E-state index in [2.05, 4.69) is 17.6 Å². The van der Waals surface area contributed by atoms with Gasteiger partial charge in [-0.1, -0.05) is 13.3 Å². The Hall–Kier alpha value is -2.84. The molecule has 1 aromatic carbocycles. The third-order valence-electron chi connectivity index (χ3n) is 10.2. The first-order chi connectivity index (χ1) is 19.1. The summed E-state index contributed by atoms with van der Waals surface area (Å²) in [4.78, 5) is 38.5. The molecule has 9 heteroatoms. The molecule has 4 aliphatic carbocycles. The number of carbonyl (C=O) groups excluding carboxylic acids is 2. The van der Waals surface area contributed by atoms with Crippen LogP contribution < -0.4 is 20.1 Å². The third kappa shape index (κ3) is 5.79. The van der Waals surface area contributed by atoms with Gasteiger partial charge in [0, 0.05) is 18.7 Å². The molecule has 1 unspecified atom stereocenters. The van der Waals surface area contributed by atoms with Crippen molar-refractivity contribution < 1.29 is 33.4 Å². The monoisotopic (exact) mass is 558 g/mol. The first kappa shape index (κ1) is 28.7. The number of rotatable bonds is 11. The number of ether oxygens (including phenoxy) is 2. The van der Waals surface area contributed by atoms with E-state index in [9.17, 15) is 23.9 Å². The van der Waals surface area contributed by atoms with Crippen molar-refractivity contribution >= 4 is 17.8 Å². The van der Waals surface area contributed by atoms with Crippen LogP contribution in [0.4, 0.5) is 4.39 Å². The molecular formula is C31H43FN2O6. The van der Waals surface area contributed by atoms with Crippen molar-refractivity contribution in [1.29, 1.82) is 0 Å². The second-order valence-corrected chi connectivity index (χ2v) is 12.8. The molecule has 0 radical (unpaired) electrons. The first-order valence-electron chi connectivity index (χ1n) is 15.0. The van der Waals surface area contributed by atoms with Crippen molar-refractivity contribution in [3.05, 3.63) is 23.5 Å². The van der Waals surface area contributed by atoms with Crippen LogP contribution >= 0.6 is 0 Å². The summed E-state index contributed by atoms with van der Waals surface area (Å²) in [6.45, 7) is 4.58. The molecule has 220 valence electrons. The van der Waals surface area contributed by atoms with E-state index in [1.54, 1.807) is 6.92 Å². The minimum atomic E-state index is -0.832. The topological polar surface area (TPSA) is 114 Å². The number of aliphatic carboxylic acids is 1. The predicted molar refractivity (Wildman–Crippen MR) is 147 cm³/mol. The summed E-state index contributed by atoms with van der Waals surface area (Å²) in [7, 11) is 1.39. The molecule has 40 heavy (non-hydrogen) atoms. The first-order valence-corrected chi connectivity index (χ1v) is 15.0. The van der Waals surface area contributed by atoms with Crippen molar-refractivity contribution in [2.24, 2.45) is 35.0 Å². The lowest BCUT2D eigenvalue weighted by atomic mass is 9.75. The molecule has 0 heterocycles. The molecule has 0 spiro atoms.